The highest BCUT2D eigenvalue weighted by molar-refractivity contribution is 6.31. The van der Waals surface area contributed by atoms with E-state index < -0.39 is 0 Å². The van der Waals surface area contributed by atoms with Crippen molar-refractivity contribution in [3.63, 3.8) is 0 Å². The van der Waals surface area contributed by atoms with Crippen LogP contribution >= 0.6 is 11.6 Å². The molecule has 0 N–H and O–H groups in total. The number of benzene rings is 1. The maximum atomic E-state index is 6.93. The summed E-state index contributed by atoms with van der Waals surface area (Å²) in [6.07, 6.45) is 0. The summed E-state index contributed by atoms with van der Waals surface area (Å²) in [7, 11) is 1.58. The maximum Gasteiger partial charge on any atom is 0.251 e. The van der Waals surface area contributed by atoms with Gasteiger partial charge in [-0.15, -0.1) is 0 Å². The van der Waals surface area contributed by atoms with Gasteiger partial charge < -0.3 is 9.58 Å². The first-order valence-corrected chi connectivity index (χ1v) is 4.27. The molecule has 3 heteroatoms. The summed E-state index contributed by atoms with van der Waals surface area (Å²) >= 11 is 5.96. The third-order valence-corrected chi connectivity index (χ3v) is 2.17. The van der Waals surface area contributed by atoms with Crippen LogP contribution in [0.4, 0.5) is 0 Å². The first-order valence-electron chi connectivity index (χ1n) is 3.89. The molecule has 0 heterocycles. The van der Waals surface area contributed by atoms with E-state index in [1.54, 1.807) is 26.2 Å². The Hall–Kier alpha value is -1.20. The van der Waals surface area contributed by atoms with Gasteiger partial charge in [0.25, 0.3) is 6.04 Å². The fourth-order valence-corrected chi connectivity index (χ4v) is 1.49. The zero-order chi connectivity index (χ0) is 9.84. The Kier molecular flexibility index (Phi) is 3.16. The Morgan fingerprint density at radius 2 is 2.23 bits per heavy atom. The topological polar surface area (TPSA) is 13.6 Å². The van der Waals surface area contributed by atoms with E-state index in [1.165, 1.54) is 0 Å². The molecule has 1 atom stereocenters. The lowest BCUT2D eigenvalue weighted by Gasteiger charge is -2.08. The van der Waals surface area contributed by atoms with Gasteiger partial charge in [-0.2, -0.15) is 0 Å². The minimum Gasteiger partial charge on any atom is -0.496 e. The molecule has 13 heavy (non-hydrogen) atoms. The summed E-state index contributed by atoms with van der Waals surface area (Å²) in [5.41, 5.74) is 0.765. The molecule has 0 fully saturated rings. The van der Waals surface area contributed by atoms with Crippen LogP contribution in [0.2, 0.25) is 5.02 Å². The SMILES string of the molecule is [C-]#[N+]C(C)c1c(Cl)cccc1OC. The van der Waals surface area contributed by atoms with Crippen LogP contribution in [0, 0.1) is 6.57 Å². The lowest BCUT2D eigenvalue weighted by Crippen LogP contribution is -1.94. The van der Waals surface area contributed by atoms with Crippen molar-refractivity contribution in [1.29, 1.82) is 0 Å². The molecular formula is C10H10ClNO. The molecule has 1 rings (SSSR count). The second kappa shape index (κ2) is 4.15. The second-order valence-electron chi connectivity index (χ2n) is 2.66. The molecule has 68 valence electrons. The van der Waals surface area contributed by atoms with Crippen LogP contribution < -0.4 is 4.74 Å². The Bertz CT molecular complexity index is 343. The minimum absolute atomic E-state index is 0.261. The minimum atomic E-state index is -0.261. The Morgan fingerprint density at radius 3 is 2.77 bits per heavy atom. The van der Waals surface area contributed by atoms with Gasteiger partial charge in [-0.1, -0.05) is 17.7 Å². The molecule has 2 nitrogen and oxygen atoms in total. The van der Waals surface area contributed by atoms with Crippen molar-refractivity contribution in [1.82, 2.24) is 0 Å². The molecule has 0 radical (unpaired) electrons. The summed E-state index contributed by atoms with van der Waals surface area (Å²) < 4.78 is 5.12. The number of hydrogen-bond acceptors (Lipinski definition) is 1. The lowest BCUT2D eigenvalue weighted by molar-refractivity contribution is 0.408. The first-order chi connectivity index (χ1) is 6.20. The van der Waals surface area contributed by atoms with Gasteiger partial charge in [0.1, 0.15) is 5.75 Å². The van der Waals surface area contributed by atoms with E-state index >= 15 is 0 Å². The zero-order valence-electron chi connectivity index (χ0n) is 7.54. The smallest absolute Gasteiger partial charge is 0.251 e. The van der Waals surface area contributed by atoms with Gasteiger partial charge in [-0.3, -0.25) is 0 Å². The molecule has 0 saturated heterocycles. The Labute approximate surface area is 82.9 Å². The largest absolute Gasteiger partial charge is 0.496 e. The van der Waals surface area contributed by atoms with Crippen molar-refractivity contribution in [2.24, 2.45) is 0 Å². The molecule has 0 aliphatic carbocycles. The average molecular weight is 196 g/mol. The van der Waals surface area contributed by atoms with E-state index in [0.29, 0.717) is 10.8 Å². The average Bonchev–Trinajstić information content (AvgIpc) is 2.16. The van der Waals surface area contributed by atoms with E-state index in [2.05, 4.69) is 4.85 Å². The third kappa shape index (κ3) is 1.93. The molecule has 0 spiro atoms. The van der Waals surface area contributed by atoms with Crippen LogP contribution in [-0.4, -0.2) is 7.11 Å². The van der Waals surface area contributed by atoms with Crippen molar-refractivity contribution in [3.8, 4) is 5.75 Å². The number of hydrogen-bond donors (Lipinski definition) is 0. The molecule has 1 unspecified atom stereocenters. The van der Waals surface area contributed by atoms with Crippen LogP contribution in [0.15, 0.2) is 18.2 Å². The highest BCUT2D eigenvalue weighted by Crippen LogP contribution is 2.33. The molecule has 0 saturated carbocycles. The molecule has 0 amide bonds. The predicted octanol–water partition coefficient (Wildman–Crippen LogP) is 3.33. The highest BCUT2D eigenvalue weighted by Gasteiger charge is 2.18. The number of nitrogens with zero attached hydrogens (tertiary/aromatic N) is 1. The van der Waals surface area contributed by atoms with Gasteiger partial charge in [0, 0.05) is 6.92 Å². The third-order valence-electron chi connectivity index (χ3n) is 1.84. The lowest BCUT2D eigenvalue weighted by atomic mass is 10.1. The van der Waals surface area contributed by atoms with Crippen LogP contribution in [-0.2, 0) is 0 Å². The van der Waals surface area contributed by atoms with Crippen molar-refractivity contribution in [3.05, 3.63) is 40.2 Å². The van der Waals surface area contributed by atoms with E-state index in [1.807, 2.05) is 6.07 Å². The van der Waals surface area contributed by atoms with Crippen LogP contribution in [0.3, 0.4) is 0 Å². The Morgan fingerprint density at radius 1 is 1.54 bits per heavy atom. The number of halogens is 1. The molecular weight excluding hydrogens is 186 g/mol. The van der Waals surface area contributed by atoms with E-state index in [4.69, 9.17) is 22.9 Å². The zero-order valence-corrected chi connectivity index (χ0v) is 8.30. The highest BCUT2D eigenvalue weighted by atomic mass is 35.5. The molecule has 0 bridgehead atoms. The fraction of sp³-hybridized carbons (Fsp3) is 0.300. The summed E-state index contributed by atoms with van der Waals surface area (Å²) in [6, 6.07) is 5.12. The second-order valence-corrected chi connectivity index (χ2v) is 3.07. The van der Waals surface area contributed by atoms with Gasteiger partial charge in [0.15, 0.2) is 0 Å². The molecule has 0 aliphatic heterocycles. The summed E-state index contributed by atoms with van der Waals surface area (Å²) in [6.45, 7) is 8.73. The van der Waals surface area contributed by atoms with Gasteiger partial charge in [-0.05, 0) is 12.1 Å². The van der Waals surface area contributed by atoms with Gasteiger partial charge in [0.2, 0.25) is 0 Å². The summed E-state index contributed by atoms with van der Waals surface area (Å²) in [4.78, 5) is 3.41. The van der Waals surface area contributed by atoms with Crippen LogP contribution in [0.25, 0.3) is 4.85 Å². The van der Waals surface area contributed by atoms with Gasteiger partial charge in [-0.25, -0.2) is 6.57 Å². The normalized spacial score (nSPS) is 11.8. The molecule has 0 aromatic heterocycles. The molecule has 0 aliphatic rings. The number of ether oxygens (including phenoxy) is 1. The van der Waals surface area contributed by atoms with E-state index in [0.717, 1.165) is 5.56 Å². The molecule has 1 aromatic carbocycles. The number of methoxy groups -OCH3 is 1. The Balaban J connectivity index is 3.24. The van der Waals surface area contributed by atoms with E-state index in [-0.39, 0.29) is 6.04 Å². The predicted molar refractivity (Wildman–Crippen MR) is 53.0 cm³/mol. The van der Waals surface area contributed by atoms with Crippen LogP contribution in [0.1, 0.15) is 18.5 Å². The fourth-order valence-electron chi connectivity index (χ4n) is 1.17. The van der Waals surface area contributed by atoms with E-state index in [9.17, 15) is 0 Å². The van der Waals surface area contributed by atoms with Crippen molar-refractivity contribution in [2.45, 2.75) is 13.0 Å². The standard InChI is InChI=1S/C10H10ClNO/c1-7(12-2)10-8(11)5-4-6-9(10)13-3/h4-7H,1,3H3. The van der Waals surface area contributed by atoms with Crippen molar-refractivity contribution >= 4 is 11.6 Å². The molecule has 1 aromatic rings. The number of rotatable bonds is 2. The quantitative estimate of drug-likeness (QED) is 0.660. The van der Waals surface area contributed by atoms with Gasteiger partial charge in [0.05, 0.1) is 17.7 Å². The monoisotopic (exact) mass is 195 g/mol. The van der Waals surface area contributed by atoms with Crippen molar-refractivity contribution < 1.29 is 4.74 Å². The van der Waals surface area contributed by atoms with Gasteiger partial charge >= 0.3 is 0 Å². The maximum absolute atomic E-state index is 6.93. The summed E-state index contributed by atoms with van der Waals surface area (Å²) in [5.74, 6) is 0.677. The first kappa shape index (κ1) is 9.88. The van der Waals surface area contributed by atoms with Crippen LogP contribution in [0.5, 0.6) is 5.75 Å². The van der Waals surface area contributed by atoms with Crippen molar-refractivity contribution in [2.75, 3.05) is 7.11 Å². The summed E-state index contributed by atoms with van der Waals surface area (Å²) in [5, 5.41) is 0.586.